The molecule has 23 heavy (non-hydrogen) atoms. The number of carbonyl (C=O) groups excluding carboxylic acids is 2. The van der Waals surface area contributed by atoms with Crippen molar-refractivity contribution in [3.63, 3.8) is 0 Å². The van der Waals surface area contributed by atoms with E-state index in [0.717, 1.165) is 41.9 Å². The number of rotatable bonds is 5. The fourth-order valence-corrected chi connectivity index (χ4v) is 3.96. The zero-order chi connectivity index (χ0) is 17.0. The molecule has 1 aromatic heterocycles. The van der Waals surface area contributed by atoms with Crippen LogP contribution in [0.2, 0.25) is 0 Å². The third-order valence-corrected chi connectivity index (χ3v) is 4.78. The summed E-state index contributed by atoms with van der Waals surface area (Å²) < 4.78 is 5.10. The fourth-order valence-electron chi connectivity index (χ4n) is 2.56. The summed E-state index contributed by atoms with van der Waals surface area (Å²) in [5, 5.41) is 11.6. The number of hydrogen-bond donors (Lipinski definition) is 2. The Bertz CT molecular complexity index is 662. The van der Waals surface area contributed by atoms with Gasteiger partial charge in [-0.05, 0) is 37.7 Å². The van der Waals surface area contributed by atoms with E-state index < -0.39 is 17.8 Å². The molecule has 1 aliphatic rings. The summed E-state index contributed by atoms with van der Waals surface area (Å²) in [4.78, 5) is 35.6. The summed E-state index contributed by atoms with van der Waals surface area (Å²) in [6.45, 7) is 4.14. The van der Waals surface area contributed by atoms with Gasteiger partial charge in [0.15, 0.2) is 0 Å². The van der Waals surface area contributed by atoms with Crippen molar-refractivity contribution >= 4 is 34.2 Å². The molecule has 0 aromatic carbocycles. The van der Waals surface area contributed by atoms with Crippen molar-refractivity contribution < 1.29 is 24.2 Å². The maximum atomic E-state index is 12.2. The Hall–Kier alpha value is -2.15. The van der Waals surface area contributed by atoms with Crippen LogP contribution in [-0.2, 0) is 27.2 Å². The number of esters is 1. The number of nitrogens with one attached hydrogen (secondary N) is 1. The van der Waals surface area contributed by atoms with Gasteiger partial charge in [-0.1, -0.05) is 6.92 Å². The highest BCUT2D eigenvalue weighted by Gasteiger charge is 2.28. The van der Waals surface area contributed by atoms with Crippen LogP contribution < -0.4 is 5.32 Å². The second-order valence-electron chi connectivity index (χ2n) is 5.44. The number of hydrogen-bond acceptors (Lipinski definition) is 5. The van der Waals surface area contributed by atoms with Crippen LogP contribution in [0, 0.1) is 5.92 Å². The molecule has 1 aliphatic carbocycles. The molecule has 0 bridgehead atoms. The van der Waals surface area contributed by atoms with Crippen LogP contribution in [-0.4, -0.2) is 29.6 Å². The second kappa shape index (κ2) is 7.41. The minimum absolute atomic E-state index is 0.256. The Kier molecular flexibility index (Phi) is 5.54. The van der Waals surface area contributed by atoms with Gasteiger partial charge in [-0.3, -0.25) is 4.79 Å². The van der Waals surface area contributed by atoms with Crippen molar-refractivity contribution in [3.05, 3.63) is 28.2 Å². The first kappa shape index (κ1) is 17.2. The smallest absolute Gasteiger partial charge is 0.341 e. The van der Waals surface area contributed by atoms with Crippen LogP contribution >= 0.6 is 11.3 Å². The maximum Gasteiger partial charge on any atom is 0.341 e. The van der Waals surface area contributed by atoms with Gasteiger partial charge in [0.2, 0.25) is 5.91 Å². The van der Waals surface area contributed by atoms with E-state index in [4.69, 9.17) is 9.84 Å². The van der Waals surface area contributed by atoms with Gasteiger partial charge in [-0.15, -0.1) is 11.3 Å². The van der Waals surface area contributed by atoms with Crippen molar-refractivity contribution in [2.24, 2.45) is 5.92 Å². The molecule has 0 spiro atoms. The standard InChI is InChI=1S/C16H19NO5S/c1-3-22-16(21)14-10-5-4-9(2)8-11(10)23-15(14)17-12(18)6-7-13(19)20/h6-7,9H,3-5,8H2,1-2H3,(H,17,18)(H,19,20)/b7-6-/t9-/m0/s1. The van der Waals surface area contributed by atoms with Gasteiger partial charge < -0.3 is 15.2 Å². The Morgan fingerprint density at radius 1 is 1.39 bits per heavy atom. The number of ether oxygens (including phenoxy) is 1. The molecule has 1 aromatic rings. The molecule has 1 atom stereocenters. The normalized spacial score (nSPS) is 16.9. The van der Waals surface area contributed by atoms with Crippen molar-refractivity contribution in [1.82, 2.24) is 0 Å². The predicted octanol–water partition coefficient (Wildman–Crippen LogP) is 2.63. The highest BCUT2D eigenvalue weighted by Crippen LogP contribution is 2.40. The first-order valence-corrected chi connectivity index (χ1v) is 8.27. The quantitative estimate of drug-likeness (QED) is 0.636. The molecule has 0 unspecified atom stereocenters. The Labute approximate surface area is 138 Å². The maximum absolute atomic E-state index is 12.2. The largest absolute Gasteiger partial charge is 0.478 e. The van der Waals surface area contributed by atoms with Gasteiger partial charge in [0, 0.05) is 17.0 Å². The predicted molar refractivity (Wildman–Crippen MR) is 86.9 cm³/mol. The molecule has 1 heterocycles. The van der Waals surface area contributed by atoms with Crippen LogP contribution in [0.3, 0.4) is 0 Å². The Morgan fingerprint density at radius 2 is 2.13 bits per heavy atom. The van der Waals surface area contributed by atoms with E-state index in [-0.39, 0.29) is 6.61 Å². The fraction of sp³-hybridized carbons (Fsp3) is 0.438. The van der Waals surface area contributed by atoms with Crippen molar-refractivity contribution in [1.29, 1.82) is 0 Å². The minimum Gasteiger partial charge on any atom is -0.478 e. The van der Waals surface area contributed by atoms with Crippen LogP contribution in [0.1, 0.15) is 41.1 Å². The van der Waals surface area contributed by atoms with E-state index in [1.807, 2.05) is 0 Å². The summed E-state index contributed by atoms with van der Waals surface area (Å²) in [6, 6.07) is 0. The molecular weight excluding hydrogens is 318 g/mol. The van der Waals surface area contributed by atoms with Crippen molar-refractivity contribution in [3.8, 4) is 0 Å². The summed E-state index contributed by atoms with van der Waals surface area (Å²) in [5.41, 5.74) is 1.36. The lowest BCUT2D eigenvalue weighted by molar-refractivity contribution is -0.131. The zero-order valence-electron chi connectivity index (χ0n) is 13.0. The van der Waals surface area contributed by atoms with E-state index in [2.05, 4.69) is 12.2 Å². The molecular formula is C16H19NO5S. The zero-order valence-corrected chi connectivity index (χ0v) is 13.9. The monoisotopic (exact) mass is 337 g/mol. The average molecular weight is 337 g/mol. The van der Waals surface area contributed by atoms with Gasteiger partial charge in [-0.2, -0.15) is 0 Å². The van der Waals surface area contributed by atoms with Crippen LogP contribution in [0.15, 0.2) is 12.2 Å². The van der Waals surface area contributed by atoms with Crippen LogP contribution in [0.25, 0.3) is 0 Å². The van der Waals surface area contributed by atoms with Gasteiger partial charge in [0.1, 0.15) is 5.00 Å². The molecule has 2 rings (SSSR count). The number of fused-ring (bicyclic) bond motifs is 1. The first-order chi connectivity index (χ1) is 10.9. The summed E-state index contributed by atoms with van der Waals surface area (Å²) in [7, 11) is 0. The summed E-state index contributed by atoms with van der Waals surface area (Å²) >= 11 is 1.37. The molecule has 0 radical (unpaired) electrons. The van der Waals surface area contributed by atoms with E-state index >= 15 is 0 Å². The average Bonchev–Trinajstić information content (AvgIpc) is 2.82. The molecule has 7 heteroatoms. The van der Waals surface area contributed by atoms with Crippen molar-refractivity contribution in [2.75, 3.05) is 11.9 Å². The molecule has 0 aliphatic heterocycles. The summed E-state index contributed by atoms with van der Waals surface area (Å²) in [6.07, 6.45) is 4.32. The third kappa shape index (κ3) is 4.19. The number of carbonyl (C=O) groups is 3. The lowest BCUT2D eigenvalue weighted by Gasteiger charge is -2.18. The van der Waals surface area contributed by atoms with Gasteiger partial charge in [-0.25, -0.2) is 9.59 Å². The molecule has 124 valence electrons. The lowest BCUT2D eigenvalue weighted by atomic mass is 9.88. The molecule has 2 N–H and O–H groups in total. The van der Waals surface area contributed by atoms with E-state index in [1.54, 1.807) is 6.92 Å². The summed E-state index contributed by atoms with van der Waals surface area (Å²) in [5.74, 6) is -1.70. The lowest BCUT2D eigenvalue weighted by Crippen LogP contribution is -2.15. The van der Waals surface area contributed by atoms with E-state index in [0.29, 0.717) is 16.5 Å². The number of anilines is 1. The van der Waals surface area contributed by atoms with Crippen molar-refractivity contribution in [2.45, 2.75) is 33.1 Å². The number of aliphatic carboxylic acids is 1. The van der Waals surface area contributed by atoms with Gasteiger partial charge >= 0.3 is 11.9 Å². The SMILES string of the molecule is CCOC(=O)c1c(NC(=O)/C=C\C(=O)O)sc2c1CC[C@H](C)C2. The molecule has 0 saturated carbocycles. The Balaban J connectivity index is 2.32. The highest BCUT2D eigenvalue weighted by molar-refractivity contribution is 7.17. The molecule has 0 saturated heterocycles. The first-order valence-electron chi connectivity index (χ1n) is 7.46. The number of carboxylic acid groups (broad SMARTS) is 1. The van der Waals surface area contributed by atoms with Gasteiger partial charge in [0.05, 0.1) is 12.2 Å². The third-order valence-electron chi connectivity index (χ3n) is 3.61. The highest BCUT2D eigenvalue weighted by atomic mass is 32.1. The van der Waals surface area contributed by atoms with E-state index in [1.165, 1.54) is 11.3 Å². The number of amides is 1. The molecule has 6 nitrogen and oxygen atoms in total. The van der Waals surface area contributed by atoms with Crippen LogP contribution in [0.5, 0.6) is 0 Å². The molecule has 0 fully saturated rings. The number of thiophene rings is 1. The second-order valence-corrected chi connectivity index (χ2v) is 6.54. The van der Waals surface area contributed by atoms with Crippen LogP contribution in [0.4, 0.5) is 5.00 Å². The molecule has 1 amide bonds. The number of carboxylic acids is 1. The van der Waals surface area contributed by atoms with Gasteiger partial charge in [0.25, 0.3) is 0 Å². The minimum atomic E-state index is -1.20. The van der Waals surface area contributed by atoms with E-state index in [9.17, 15) is 14.4 Å². The topological polar surface area (TPSA) is 92.7 Å². The Morgan fingerprint density at radius 3 is 2.78 bits per heavy atom.